The van der Waals surface area contributed by atoms with E-state index in [9.17, 15) is 0 Å². The molecule has 0 spiro atoms. The Morgan fingerprint density at radius 1 is 1.47 bits per heavy atom. The van der Waals surface area contributed by atoms with Crippen molar-refractivity contribution in [1.29, 1.82) is 0 Å². The molecule has 2 nitrogen and oxygen atoms in total. The summed E-state index contributed by atoms with van der Waals surface area (Å²) in [7, 11) is 0. The summed E-state index contributed by atoms with van der Waals surface area (Å²) in [6, 6.07) is 6.06. The van der Waals surface area contributed by atoms with Crippen molar-refractivity contribution in [3.63, 3.8) is 0 Å². The third kappa shape index (κ3) is 3.36. The Morgan fingerprint density at radius 3 is 2.82 bits per heavy atom. The van der Waals surface area contributed by atoms with Gasteiger partial charge < -0.3 is 10.1 Å². The van der Waals surface area contributed by atoms with Gasteiger partial charge >= 0.3 is 0 Å². The molecule has 1 aliphatic heterocycles. The Morgan fingerprint density at radius 2 is 2.24 bits per heavy atom. The molecule has 1 aliphatic rings. The molecule has 1 heterocycles. The predicted molar refractivity (Wildman–Crippen MR) is 72.9 cm³/mol. The smallest absolute Gasteiger partial charge is 0.0755 e. The van der Waals surface area contributed by atoms with Gasteiger partial charge in [-0.1, -0.05) is 17.7 Å². The average molecular weight is 254 g/mol. The molecule has 1 aromatic carbocycles. The summed E-state index contributed by atoms with van der Waals surface area (Å²) < 4.78 is 5.93. The van der Waals surface area contributed by atoms with E-state index in [1.54, 1.807) is 0 Å². The molecule has 1 atom stereocenters. The van der Waals surface area contributed by atoms with E-state index in [2.05, 4.69) is 25.2 Å². The lowest BCUT2D eigenvalue weighted by atomic mass is 10.1. The monoisotopic (exact) mass is 253 g/mol. The highest BCUT2D eigenvalue weighted by Crippen LogP contribution is 2.30. The van der Waals surface area contributed by atoms with Crippen molar-refractivity contribution in [1.82, 2.24) is 0 Å². The van der Waals surface area contributed by atoms with Gasteiger partial charge in [-0.15, -0.1) is 0 Å². The highest BCUT2D eigenvalue weighted by atomic mass is 35.5. The second kappa shape index (κ2) is 4.87. The van der Waals surface area contributed by atoms with Crippen molar-refractivity contribution in [3.05, 3.63) is 28.8 Å². The quantitative estimate of drug-likeness (QED) is 0.879. The maximum absolute atomic E-state index is 6.17. The van der Waals surface area contributed by atoms with E-state index in [1.165, 1.54) is 5.56 Å². The zero-order chi connectivity index (χ0) is 12.5. The van der Waals surface area contributed by atoms with Crippen LogP contribution in [0.4, 0.5) is 5.69 Å². The van der Waals surface area contributed by atoms with Crippen LogP contribution in [-0.4, -0.2) is 18.2 Å². The molecule has 0 aliphatic carbocycles. The van der Waals surface area contributed by atoms with Crippen LogP contribution in [0.2, 0.25) is 5.02 Å². The first kappa shape index (κ1) is 12.7. The third-order valence-electron chi connectivity index (χ3n) is 3.20. The molecular formula is C14H20ClNO. The van der Waals surface area contributed by atoms with E-state index in [4.69, 9.17) is 16.3 Å². The summed E-state index contributed by atoms with van der Waals surface area (Å²) in [6.07, 6.45) is 2.53. The lowest BCUT2D eigenvalue weighted by Gasteiger charge is -2.20. The van der Waals surface area contributed by atoms with Gasteiger partial charge in [0.15, 0.2) is 0 Å². The number of hydrogen-bond acceptors (Lipinski definition) is 2. The molecule has 1 aromatic rings. The fraction of sp³-hybridized carbons (Fsp3) is 0.571. The van der Waals surface area contributed by atoms with Gasteiger partial charge in [-0.05, 0) is 51.3 Å². The normalized spacial score (nSPS) is 22.7. The lowest BCUT2D eigenvalue weighted by molar-refractivity contribution is -0.00910. The van der Waals surface area contributed by atoms with Crippen LogP contribution in [0.25, 0.3) is 0 Å². The van der Waals surface area contributed by atoms with Gasteiger partial charge in [0, 0.05) is 6.54 Å². The minimum Gasteiger partial charge on any atom is -0.381 e. The largest absolute Gasteiger partial charge is 0.381 e. The molecule has 17 heavy (non-hydrogen) atoms. The van der Waals surface area contributed by atoms with Gasteiger partial charge in [0.25, 0.3) is 0 Å². The Kier molecular flexibility index (Phi) is 3.64. The molecule has 1 fully saturated rings. The molecule has 1 saturated heterocycles. The minimum atomic E-state index is 0.0312. The van der Waals surface area contributed by atoms with Crippen molar-refractivity contribution in [2.24, 2.45) is 0 Å². The molecule has 0 aromatic heterocycles. The van der Waals surface area contributed by atoms with Crippen molar-refractivity contribution >= 4 is 17.3 Å². The Hall–Kier alpha value is -0.730. The molecule has 2 rings (SSSR count). The molecule has 0 bridgehead atoms. The van der Waals surface area contributed by atoms with E-state index < -0.39 is 0 Å². The van der Waals surface area contributed by atoms with Crippen molar-refractivity contribution in [2.45, 2.75) is 45.3 Å². The van der Waals surface area contributed by atoms with Gasteiger partial charge in [0.1, 0.15) is 0 Å². The SMILES string of the molecule is Cc1ccc(NCC2CCC(C)(C)O2)c(Cl)c1. The fourth-order valence-corrected chi connectivity index (χ4v) is 2.51. The van der Waals surface area contributed by atoms with Crippen molar-refractivity contribution in [2.75, 3.05) is 11.9 Å². The standard InChI is InChI=1S/C14H20ClNO/c1-10-4-5-13(12(15)8-10)16-9-11-6-7-14(2,3)17-11/h4-5,8,11,16H,6-7,9H2,1-3H3. The number of nitrogens with one attached hydrogen (secondary N) is 1. The molecule has 3 heteroatoms. The second-order valence-corrected chi connectivity index (χ2v) is 5.81. The zero-order valence-electron chi connectivity index (χ0n) is 10.7. The van der Waals surface area contributed by atoms with Gasteiger partial charge in [0.2, 0.25) is 0 Å². The molecule has 94 valence electrons. The van der Waals surface area contributed by atoms with Gasteiger partial charge in [-0.2, -0.15) is 0 Å². The zero-order valence-corrected chi connectivity index (χ0v) is 11.5. The van der Waals surface area contributed by atoms with E-state index in [1.807, 2.05) is 19.1 Å². The van der Waals surface area contributed by atoms with Crippen LogP contribution in [0, 0.1) is 6.92 Å². The van der Waals surface area contributed by atoms with Crippen LogP contribution in [0.5, 0.6) is 0 Å². The Labute approximate surface area is 108 Å². The summed E-state index contributed by atoms with van der Waals surface area (Å²) in [5, 5.41) is 4.14. The summed E-state index contributed by atoms with van der Waals surface area (Å²) in [4.78, 5) is 0. The van der Waals surface area contributed by atoms with E-state index >= 15 is 0 Å². The minimum absolute atomic E-state index is 0.0312. The summed E-state index contributed by atoms with van der Waals surface area (Å²) >= 11 is 6.17. The van der Waals surface area contributed by atoms with Gasteiger partial charge in [-0.25, -0.2) is 0 Å². The van der Waals surface area contributed by atoms with Crippen LogP contribution in [0.1, 0.15) is 32.3 Å². The molecule has 0 radical (unpaired) electrons. The lowest BCUT2D eigenvalue weighted by Crippen LogP contribution is -2.24. The van der Waals surface area contributed by atoms with E-state index in [0.717, 1.165) is 30.1 Å². The molecule has 1 N–H and O–H groups in total. The maximum atomic E-state index is 6.17. The van der Waals surface area contributed by atoms with Crippen molar-refractivity contribution < 1.29 is 4.74 Å². The number of halogens is 1. The molecule has 0 saturated carbocycles. The predicted octanol–water partition coefficient (Wildman–Crippen LogP) is 4.02. The first-order valence-electron chi connectivity index (χ1n) is 6.14. The highest BCUT2D eigenvalue weighted by Gasteiger charge is 2.31. The number of rotatable bonds is 3. The number of anilines is 1. The number of benzene rings is 1. The average Bonchev–Trinajstić information content (AvgIpc) is 2.57. The molecular weight excluding hydrogens is 234 g/mol. The summed E-state index contributed by atoms with van der Waals surface area (Å²) in [6.45, 7) is 7.15. The number of aryl methyl sites for hydroxylation is 1. The van der Waals surface area contributed by atoms with Crippen LogP contribution >= 0.6 is 11.6 Å². The second-order valence-electron chi connectivity index (χ2n) is 5.40. The fourth-order valence-electron chi connectivity index (χ4n) is 2.21. The summed E-state index contributed by atoms with van der Waals surface area (Å²) in [5.41, 5.74) is 2.20. The molecule has 0 amide bonds. The van der Waals surface area contributed by atoms with Crippen LogP contribution in [0.15, 0.2) is 18.2 Å². The Bertz CT molecular complexity index is 403. The van der Waals surface area contributed by atoms with Gasteiger partial charge in [0.05, 0.1) is 22.4 Å². The topological polar surface area (TPSA) is 21.3 Å². The van der Waals surface area contributed by atoms with E-state index in [-0.39, 0.29) is 5.60 Å². The van der Waals surface area contributed by atoms with Crippen LogP contribution in [0.3, 0.4) is 0 Å². The third-order valence-corrected chi connectivity index (χ3v) is 3.51. The van der Waals surface area contributed by atoms with Gasteiger partial charge in [-0.3, -0.25) is 0 Å². The van der Waals surface area contributed by atoms with Crippen LogP contribution in [-0.2, 0) is 4.74 Å². The van der Waals surface area contributed by atoms with Crippen molar-refractivity contribution in [3.8, 4) is 0 Å². The number of ether oxygens (including phenoxy) is 1. The summed E-state index contributed by atoms with van der Waals surface area (Å²) in [5.74, 6) is 0. The first-order valence-corrected chi connectivity index (χ1v) is 6.52. The molecule has 1 unspecified atom stereocenters. The first-order chi connectivity index (χ1) is 7.96. The van der Waals surface area contributed by atoms with Crippen LogP contribution < -0.4 is 5.32 Å². The van der Waals surface area contributed by atoms with E-state index in [0.29, 0.717) is 6.10 Å². The maximum Gasteiger partial charge on any atom is 0.0755 e. The number of hydrogen-bond donors (Lipinski definition) is 1. The highest BCUT2D eigenvalue weighted by molar-refractivity contribution is 6.33. The Balaban J connectivity index is 1.90.